The van der Waals surface area contributed by atoms with E-state index >= 15 is 0 Å². The minimum Gasteiger partial charge on any atom is -0.338 e. The summed E-state index contributed by atoms with van der Waals surface area (Å²) in [6.07, 6.45) is -3.43. The third-order valence-electron chi connectivity index (χ3n) is 4.00. The van der Waals surface area contributed by atoms with E-state index in [9.17, 15) is 18.0 Å². The molecule has 2 rings (SSSR count). The van der Waals surface area contributed by atoms with E-state index in [-0.39, 0.29) is 30.5 Å². The number of likely N-dealkylation sites (tertiary alicyclic amines) is 1. The third kappa shape index (κ3) is 4.80. The van der Waals surface area contributed by atoms with Gasteiger partial charge in [-0.15, -0.1) is 0 Å². The van der Waals surface area contributed by atoms with Crippen molar-refractivity contribution in [3.05, 3.63) is 23.3 Å². The van der Waals surface area contributed by atoms with E-state index < -0.39 is 11.9 Å². The first-order chi connectivity index (χ1) is 11.2. The molecule has 2 heterocycles. The Morgan fingerprint density at radius 3 is 2.71 bits per heavy atom. The van der Waals surface area contributed by atoms with Crippen molar-refractivity contribution in [1.29, 1.82) is 0 Å². The molecule has 0 unspecified atom stereocenters. The van der Waals surface area contributed by atoms with Gasteiger partial charge in [0.1, 0.15) is 11.5 Å². The van der Waals surface area contributed by atoms with Gasteiger partial charge in [0.15, 0.2) is 0 Å². The van der Waals surface area contributed by atoms with Crippen molar-refractivity contribution >= 4 is 6.03 Å². The molecule has 24 heavy (non-hydrogen) atoms. The summed E-state index contributed by atoms with van der Waals surface area (Å²) >= 11 is 0. The van der Waals surface area contributed by atoms with Crippen LogP contribution in [0.2, 0.25) is 0 Å². The Balaban J connectivity index is 1.86. The van der Waals surface area contributed by atoms with Gasteiger partial charge in [-0.3, -0.25) is 0 Å². The Kier molecular flexibility index (Phi) is 5.63. The van der Waals surface area contributed by atoms with E-state index in [1.165, 1.54) is 6.92 Å². The number of nitrogens with zero attached hydrogens (tertiary/aromatic N) is 4. The molecule has 1 aromatic heterocycles. The zero-order valence-corrected chi connectivity index (χ0v) is 14.0. The van der Waals surface area contributed by atoms with E-state index in [4.69, 9.17) is 0 Å². The average Bonchev–Trinajstić information content (AvgIpc) is 2.95. The molecule has 0 aliphatic carbocycles. The summed E-state index contributed by atoms with van der Waals surface area (Å²) in [6, 6.07) is 1.04. The zero-order chi connectivity index (χ0) is 17.9. The molecule has 1 aliphatic heterocycles. The quantitative estimate of drug-likeness (QED) is 0.902. The van der Waals surface area contributed by atoms with Crippen molar-refractivity contribution in [2.45, 2.75) is 32.0 Å². The van der Waals surface area contributed by atoms with Crippen LogP contribution in [0.1, 0.15) is 23.6 Å². The highest BCUT2D eigenvalue weighted by molar-refractivity contribution is 5.74. The van der Waals surface area contributed by atoms with Crippen LogP contribution in [-0.4, -0.2) is 65.6 Å². The summed E-state index contributed by atoms with van der Waals surface area (Å²) in [5, 5.41) is 2.72. The summed E-state index contributed by atoms with van der Waals surface area (Å²) in [7, 11) is 3.94. The molecule has 9 heteroatoms. The monoisotopic (exact) mass is 345 g/mol. The van der Waals surface area contributed by atoms with Crippen LogP contribution in [0.4, 0.5) is 18.0 Å². The van der Waals surface area contributed by atoms with E-state index in [1.54, 1.807) is 4.90 Å². The number of aryl methyl sites for hydroxylation is 1. The number of amides is 2. The molecule has 0 aromatic carbocycles. The number of aromatic nitrogens is 2. The van der Waals surface area contributed by atoms with Gasteiger partial charge in [-0.2, -0.15) is 13.2 Å². The second-order valence-electron chi connectivity index (χ2n) is 6.14. The molecular weight excluding hydrogens is 323 g/mol. The molecule has 2 amide bonds. The molecular formula is C15H22F3N5O. The standard InChI is InChI=1S/C15H22F3N5O/c1-10-8-12(15(16,17)18)21-13(20-10)4-6-19-14(24)23-7-5-11(9-23)22(2)3/h8,11H,4-7,9H2,1-3H3,(H,19,24)/t11-/m0/s1. The van der Waals surface area contributed by atoms with Gasteiger partial charge in [0.25, 0.3) is 0 Å². The summed E-state index contributed by atoms with van der Waals surface area (Å²) in [6.45, 7) is 3.01. The minimum atomic E-state index is -4.50. The molecule has 1 fully saturated rings. The average molecular weight is 345 g/mol. The Hall–Kier alpha value is -1.90. The van der Waals surface area contributed by atoms with Gasteiger partial charge < -0.3 is 15.1 Å². The fraction of sp³-hybridized carbons (Fsp3) is 0.667. The highest BCUT2D eigenvalue weighted by atomic mass is 19.4. The van der Waals surface area contributed by atoms with Gasteiger partial charge in [-0.1, -0.05) is 0 Å². The van der Waals surface area contributed by atoms with Crippen molar-refractivity contribution in [2.75, 3.05) is 33.7 Å². The molecule has 0 bridgehead atoms. The topological polar surface area (TPSA) is 61.4 Å². The first kappa shape index (κ1) is 18.4. The van der Waals surface area contributed by atoms with E-state index in [0.717, 1.165) is 12.5 Å². The van der Waals surface area contributed by atoms with Gasteiger partial charge in [-0.25, -0.2) is 14.8 Å². The van der Waals surface area contributed by atoms with Crippen LogP contribution in [0, 0.1) is 6.92 Å². The number of halogens is 3. The largest absolute Gasteiger partial charge is 0.433 e. The van der Waals surface area contributed by atoms with Crippen LogP contribution in [0.25, 0.3) is 0 Å². The lowest BCUT2D eigenvalue weighted by atomic mass is 10.2. The van der Waals surface area contributed by atoms with Gasteiger partial charge in [-0.05, 0) is 33.5 Å². The number of carbonyl (C=O) groups excluding carboxylic acids is 1. The SMILES string of the molecule is Cc1cc(C(F)(F)F)nc(CCNC(=O)N2CC[C@H](N(C)C)C2)n1. The molecule has 0 radical (unpaired) electrons. The maximum Gasteiger partial charge on any atom is 0.433 e. The lowest BCUT2D eigenvalue weighted by Gasteiger charge is -2.20. The van der Waals surface area contributed by atoms with Crippen LogP contribution in [-0.2, 0) is 12.6 Å². The van der Waals surface area contributed by atoms with Crippen LogP contribution in [0.5, 0.6) is 0 Å². The highest BCUT2D eigenvalue weighted by Crippen LogP contribution is 2.27. The predicted molar refractivity (Wildman–Crippen MR) is 82.5 cm³/mol. The fourth-order valence-electron chi connectivity index (χ4n) is 2.63. The second kappa shape index (κ2) is 7.33. The van der Waals surface area contributed by atoms with Crippen LogP contribution in [0.3, 0.4) is 0 Å². The highest BCUT2D eigenvalue weighted by Gasteiger charge is 2.33. The van der Waals surface area contributed by atoms with Gasteiger partial charge in [0.2, 0.25) is 0 Å². The fourth-order valence-corrected chi connectivity index (χ4v) is 2.63. The first-order valence-corrected chi connectivity index (χ1v) is 7.78. The van der Waals surface area contributed by atoms with E-state index in [0.29, 0.717) is 19.1 Å². The number of urea groups is 1. The van der Waals surface area contributed by atoms with Crippen molar-refractivity contribution in [1.82, 2.24) is 25.1 Å². The Morgan fingerprint density at radius 1 is 1.42 bits per heavy atom. The summed E-state index contributed by atoms with van der Waals surface area (Å²) in [4.78, 5) is 23.4. The molecule has 1 N–H and O–H groups in total. The van der Waals surface area contributed by atoms with Crippen LogP contribution < -0.4 is 5.32 Å². The predicted octanol–water partition coefficient (Wildman–Crippen LogP) is 1.69. The number of alkyl halides is 3. The molecule has 134 valence electrons. The lowest BCUT2D eigenvalue weighted by molar-refractivity contribution is -0.141. The molecule has 0 saturated carbocycles. The lowest BCUT2D eigenvalue weighted by Crippen LogP contribution is -2.41. The van der Waals surface area contributed by atoms with Crippen molar-refractivity contribution in [3.63, 3.8) is 0 Å². The van der Waals surface area contributed by atoms with Gasteiger partial charge in [0.05, 0.1) is 0 Å². The van der Waals surface area contributed by atoms with E-state index in [1.807, 2.05) is 14.1 Å². The molecule has 1 atom stereocenters. The Morgan fingerprint density at radius 2 is 2.12 bits per heavy atom. The summed E-state index contributed by atoms with van der Waals surface area (Å²) < 4.78 is 38.2. The number of likely N-dealkylation sites (N-methyl/N-ethyl adjacent to an activating group) is 1. The van der Waals surface area contributed by atoms with Crippen LogP contribution >= 0.6 is 0 Å². The number of hydrogen-bond donors (Lipinski definition) is 1. The number of nitrogens with one attached hydrogen (secondary N) is 1. The Labute approximate surface area is 139 Å². The molecule has 6 nitrogen and oxygen atoms in total. The molecule has 1 saturated heterocycles. The molecule has 1 aliphatic rings. The van der Waals surface area contributed by atoms with Crippen molar-refractivity contribution in [3.8, 4) is 0 Å². The third-order valence-corrected chi connectivity index (χ3v) is 4.00. The first-order valence-electron chi connectivity index (χ1n) is 7.78. The van der Waals surface area contributed by atoms with Crippen molar-refractivity contribution in [2.24, 2.45) is 0 Å². The van der Waals surface area contributed by atoms with E-state index in [2.05, 4.69) is 20.2 Å². The maximum absolute atomic E-state index is 12.7. The smallest absolute Gasteiger partial charge is 0.338 e. The molecule has 1 aromatic rings. The normalized spacial score (nSPS) is 18.3. The number of carbonyl (C=O) groups is 1. The molecule has 0 spiro atoms. The van der Waals surface area contributed by atoms with Crippen molar-refractivity contribution < 1.29 is 18.0 Å². The Bertz CT molecular complexity index is 591. The number of hydrogen-bond acceptors (Lipinski definition) is 4. The summed E-state index contributed by atoms with van der Waals surface area (Å²) in [5.74, 6) is 0.0789. The van der Waals surface area contributed by atoms with Gasteiger partial charge >= 0.3 is 12.2 Å². The zero-order valence-electron chi connectivity index (χ0n) is 14.0. The van der Waals surface area contributed by atoms with Gasteiger partial charge in [0, 0.05) is 37.8 Å². The second-order valence-corrected chi connectivity index (χ2v) is 6.14. The maximum atomic E-state index is 12.7. The van der Waals surface area contributed by atoms with Crippen LogP contribution in [0.15, 0.2) is 6.07 Å². The minimum absolute atomic E-state index is 0.0789. The number of rotatable bonds is 4. The summed E-state index contributed by atoms with van der Waals surface area (Å²) in [5.41, 5.74) is -0.697.